The van der Waals surface area contributed by atoms with Gasteiger partial charge in [0, 0.05) is 55.8 Å². The Balaban J connectivity index is 2.09. The van der Waals surface area contributed by atoms with E-state index in [1.165, 1.54) is 22.5 Å². The zero-order valence-electron chi connectivity index (χ0n) is 10.6. The summed E-state index contributed by atoms with van der Waals surface area (Å²) in [6.07, 6.45) is 4.90. The molecule has 0 bridgehead atoms. The Labute approximate surface area is 106 Å². The van der Waals surface area contributed by atoms with E-state index in [9.17, 15) is 0 Å². The molecule has 3 rings (SSSR count). The quantitative estimate of drug-likeness (QED) is 0.831. The van der Waals surface area contributed by atoms with Crippen LogP contribution in [0.4, 0.5) is 5.69 Å². The van der Waals surface area contributed by atoms with Crippen molar-refractivity contribution in [3.63, 3.8) is 0 Å². The number of aliphatic imine (C=N–C) groups is 1. The van der Waals surface area contributed by atoms with Gasteiger partial charge in [-0.1, -0.05) is 6.07 Å². The molecule has 18 heavy (non-hydrogen) atoms. The van der Waals surface area contributed by atoms with E-state index in [0.29, 0.717) is 0 Å². The van der Waals surface area contributed by atoms with E-state index in [0.717, 1.165) is 18.5 Å². The molecule has 0 atom stereocenters. The minimum absolute atomic E-state index is 0.964. The van der Waals surface area contributed by atoms with E-state index < -0.39 is 0 Å². The highest BCUT2D eigenvalue weighted by Gasteiger charge is 2.15. The molecular weight excluding hydrogens is 224 g/mol. The molecule has 0 unspecified atom stereocenters. The Morgan fingerprint density at radius 1 is 1.33 bits per heavy atom. The lowest BCUT2D eigenvalue weighted by molar-refractivity contribution is 0.768. The fourth-order valence-electron chi connectivity index (χ4n) is 2.37. The molecule has 1 aliphatic rings. The highest BCUT2D eigenvalue weighted by atomic mass is 15.2. The summed E-state index contributed by atoms with van der Waals surface area (Å²) < 4.78 is 1.82. The second kappa shape index (κ2) is 4.29. The summed E-state index contributed by atoms with van der Waals surface area (Å²) in [6.45, 7) is 0.964. The average molecular weight is 240 g/mol. The number of hydrogen-bond acceptors (Lipinski definition) is 3. The molecule has 4 nitrogen and oxygen atoms in total. The van der Waals surface area contributed by atoms with Crippen LogP contribution in [0.25, 0.3) is 11.1 Å². The van der Waals surface area contributed by atoms with Crippen molar-refractivity contribution in [2.75, 3.05) is 18.9 Å². The van der Waals surface area contributed by atoms with Crippen molar-refractivity contribution in [3.05, 3.63) is 36.2 Å². The van der Waals surface area contributed by atoms with Crippen LogP contribution in [-0.2, 0) is 7.05 Å². The zero-order chi connectivity index (χ0) is 12.5. The highest BCUT2D eigenvalue weighted by Crippen LogP contribution is 2.28. The largest absolute Gasteiger partial charge is 0.384 e. The van der Waals surface area contributed by atoms with E-state index in [4.69, 9.17) is 0 Å². The Morgan fingerprint density at radius 2 is 2.22 bits per heavy atom. The Hall–Kier alpha value is -2.10. The van der Waals surface area contributed by atoms with E-state index in [1.807, 2.05) is 31.2 Å². The standard InChI is InChI=1S/C14H16N4/c1-15-13-5-6-16-14-4-3-10(7-12(13)14)11-8-17-18(2)9-11/h3-4,7-9,16H,5-6H2,1-2H3. The topological polar surface area (TPSA) is 42.2 Å². The third-order valence-corrected chi connectivity index (χ3v) is 3.32. The van der Waals surface area contributed by atoms with Crippen molar-refractivity contribution in [3.8, 4) is 11.1 Å². The van der Waals surface area contributed by atoms with Gasteiger partial charge in [-0.25, -0.2) is 0 Å². The molecule has 1 aromatic heterocycles. The summed E-state index contributed by atoms with van der Waals surface area (Å²) in [5.74, 6) is 0. The molecule has 0 aliphatic carbocycles. The van der Waals surface area contributed by atoms with E-state index >= 15 is 0 Å². The Morgan fingerprint density at radius 3 is 2.94 bits per heavy atom. The third kappa shape index (κ3) is 1.79. The lowest BCUT2D eigenvalue weighted by atomic mass is 9.97. The van der Waals surface area contributed by atoms with Gasteiger partial charge in [-0.3, -0.25) is 9.67 Å². The van der Waals surface area contributed by atoms with Crippen molar-refractivity contribution in [1.82, 2.24) is 9.78 Å². The predicted molar refractivity (Wildman–Crippen MR) is 74.2 cm³/mol. The van der Waals surface area contributed by atoms with Gasteiger partial charge in [0.15, 0.2) is 0 Å². The molecule has 1 N–H and O–H groups in total. The fourth-order valence-corrected chi connectivity index (χ4v) is 2.37. The molecule has 0 saturated heterocycles. The molecule has 0 amide bonds. The van der Waals surface area contributed by atoms with E-state index in [2.05, 4.69) is 33.6 Å². The highest BCUT2D eigenvalue weighted by molar-refractivity contribution is 6.07. The second-order valence-electron chi connectivity index (χ2n) is 4.51. The van der Waals surface area contributed by atoms with Crippen molar-refractivity contribution < 1.29 is 0 Å². The fraction of sp³-hybridized carbons (Fsp3) is 0.286. The average Bonchev–Trinajstić information content (AvgIpc) is 2.84. The molecule has 1 aliphatic heterocycles. The maximum absolute atomic E-state index is 4.38. The maximum Gasteiger partial charge on any atom is 0.0568 e. The van der Waals surface area contributed by atoms with Crippen LogP contribution in [0, 0.1) is 0 Å². The molecule has 0 spiro atoms. The molecule has 0 saturated carbocycles. The molecule has 2 heterocycles. The summed E-state index contributed by atoms with van der Waals surface area (Å²) in [6, 6.07) is 6.45. The van der Waals surface area contributed by atoms with Crippen LogP contribution in [0.2, 0.25) is 0 Å². The summed E-state index contributed by atoms with van der Waals surface area (Å²) >= 11 is 0. The SMILES string of the molecule is CN=C1CCNc2ccc(-c3cnn(C)c3)cc21. The monoisotopic (exact) mass is 240 g/mol. The first-order valence-electron chi connectivity index (χ1n) is 6.11. The van der Waals surface area contributed by atoms with Crippen LogP contribution >= 0.6 is 0 Å². The zero-order valence-corrected chi connectivity index (χ0v) is 10.6. The summed E-state index contributed by atoms with van der Waals surface area (Å²) in [7, 11) is 3.80. The van der Waals surface area contributed by atoms with Crippen LogP contribution in [0.5, 0.6) is 0 Å². The van der Waals surface area contributed by atoms with Gasteiger partial charge in [-0.2, -0.15) is 5.10 Å². The number of nitrogens with one attached hydrogen (secondary N) is 1. The number of aromatic nitrogens is 2. The lowest BCUT2D eigenvalue weighted by Crippen LogP contribution is -2.18. The van der Waals surface area contributed by atoms with Gasteiger partial charge in [-0.05, 0) is 17.7 Å². The number of fused-ring (bicyclic) bond motifs is 1. The second-order valence-corrected chi connectivity index (χ2v) is 4.51. The summed E-state index contributed by atoms with van der Waals surface area (Å²) in [5, 5.41) is 7.62. The summed E-state index contributed by atoms with van der Waals surface area (Å²) in [5.41, 5.74) is 5.89. The molecule has 2 aromatic rings. The number of rotatable bonds is 1. The number of benzene rings is 1. The van der Waals surface area contributed by atoms with Crippen LogP contribution in [0.15, 0.2) is 35.6 Å². The van der Waals surface area contributed by atoms with Crippen molar-refractivity contribution in [2.24, 2.45) is 12.0 Å². The smallest absolute Gasteiger partial charge is 0.0568 e. The lowest BCUT2D eigenvalue weighted by Gasteiger charge is -2.20. The van der Waals surface area contributed by atoms with Gasteiger partial charge < -0.3 is 5.32 Å². The van der Waals surface area contributed by atoms with Crippen molar-refractivity contribution in [2.45, 2.75) is 6.42 Å². The maximum atomic E-state index is 4.38. The van der Waals surface area contributed by atoms with Gasteiger partial charge >= 0.3 is 0 Å². The van der Waals surface area contributed by atoms with Crippen LogP contribution in [-0.4, -0.2) is 29.1 Å². The van der Waals surface area contributed by atoms with E-state index in [1.54, 1.807) is 0 Å². The molecular formula is C14H16N4. The number of hydrogen-bond donors (Lipinski definition) is 1. The Bertz CT molecular complexity index is 610. The van der Waals surface area contributed by atoms with Crippen molar-refractivity contribution >= 4 is 11.4 Å². The molecule has 4 heteroatoms. The minimum atomic E-state index is 0.964. The Kier molecular flexibility index (Phi) is 2.63. The molecule has 0 radical (unpaired) electrons. The number of nitrogens with zero attached hydrogens (tertiary/aromatic N) is 3. The number of aryl methyl sites for hydroxylation is 1. The van der Waals surface area contributed by atoms with Crippen LogP contribution in [0.1, 0.15) is 12.0 Å². The van der Waals surface area contributed by atoms with Gasteiger partial charge in [-0.15, -0.1) is 0 Å². The molecule has 92 valence electrons. The third-order valence-electron chi connectivity index (χ3n) is 3.32. The summed E-state index contributed by atoms with van der Waals surface area (Å²) in [4.78, 5) is 4.38. The van der Waals surface area contributed by atoms with Crippen molar-refractivity contribution in [1.29, 1.82) is 0 Å². The normalized spacial score (nSPS) is 16.4. The van der Waals surface area contributed by atoms with Gasteiger partial charge in [0.1, 0.15) is 0 Å². The predicted octanol–water partition coefficient (Wildman–Crippen LogP) is 2.32. The van der Waals surface area contributed by atoms with Gasteiger partial charge in [0.05, 0.1) is 6.20 Å². The number of anilines is 1. The van der Waals surface area contributed by atoms with Gasteiger partial charge in [0.2, 0.25) is 0 Å². The minimum Gasteiger partial charge on any atom is -0.384 e. The first-order chi connectivity index (χ1) is 8.78. The van der Waals surface area contributed by atoms with E-state index in [-0.39, 0.29) is 0 Å². The molecule has 1 aromatic carbocycles. The van der Waals surface area contributed by atoms with Crippen LogP contribution < -0.4 is 5.32 Å². The first-order valence-corrected chi connectivity index (χ1v) is 6.11. The van der Waals surface area contributed by atoms with Crippen LogP contribution in [0.3, 0.4) is 0 Å². The first kappa shape index (κ1) is 11.0. The van der Waals surface area contributed by atoms with Gasteiger partial charge in [0.25, 0.3) is 0 Å². The molecule has 0 fully saturated rings.